The summed E-state index contributed by atoms with van der Waals surface area (Å²) in [6.07, 6.45) is 1.56. The topological polar surface area (TPSA) is 31.2 Å². The van der Waals surface area contributed by atoms with E-state index in [1.165, 1.54) is 28.8 Å². The van der Waals surface area contributed by atoms with Gasteiger partial charge in [-0.05, 0) is 12.1 Å². The lowest BCUT2D eigenvalue weighted by Gasteiger charge is -2.19. The second-order valence-electron chi connectivity index (χ2n) is 4.19. The molecule has 1 heterocycles. The van der Waals surface area contributed by atoms with E-state index in [2.05, 4.69) is 0 Å². The van der Waals surface area contributed by atoms with Crippen molar-refractivity contribution in [3.8, 4) is 5.75 Å². The Morgan fingerprint density at radius 3 is 2.45 bits per heavy atom. The maximum atomic E-state index is 12.8. The van der Waals surface area contributed by atoms with Gasteiger partial charge in [0.1, 0.15) is 6.61 Å². The Balaban J connectivity index is 2.05. The lowest BCUT2D eigenvalue weighted by atomic mass is 9.79. The average Bonchev–Trinajstić information content (AvgIpc) is 2.40. The molecular formula is C13H12BF3NO2-. The number of nitrogens with zero attached hydrogens (tertiary/aromatic N) is 1. The number of benzene rings is 1. The molecule has 1 aromatic carbocycles. The molecule has 0 amide bonds. The van der Waals surface area contributed by atoms with Crippen LogP contribution in [-0.2, 0) is 6.54 Å². The molecule has 0 bridgehead atoms. The number of rotatable bonds is 5. The first-order chi connectivity index (χ1) is 9.48. The molecule has 0 aliphatic carbocycles. The van der Waals surface area contributed by atoms with Crippen molar-refractivity contribution < 1.29 is 17.7 Å². The van der Waals surface area contributed by atoms with Crippen LogP contribution < -0.4 is 15.8 Å². The van der Waals surface area contributed by atoms with E-state index in [0.717, 1.165) is 6.07 Å². The summed E-state index contributed by atoms with van der Waals surface area (Å²) in [5.41, 5.74) is -0.975. The Labute approximate surface area is 113 Å². The summed E-state index contributed by atoms with van der Waals surface area (Å²) >= 11 is 0. The molecule has 2 aromatic rings. The van der Waals surface area contributed by atoms with Crippen molar-refractivity contribution >= 4 is 12.4 Å². The van der Waals surface area contributed by atoms with Crippen LogP contribution in [0.25, 0.3) is 0 Å². The van der Waals surface area contributed by atoms with Gasteiger partial charge in [0.15, 0.2) is 0 Å². The van der Waals surface area contributed by atoms with Gasteiger partial charge in [0.05, 0.1) is 12.3 Å². The Morgan fingerprint density at radius 1 is 1.05 bits per heavy atom. The highest BCUT2D eigenvalue weighted by atomic mass is 19.4. The van der Waals surface area contributed by atoms with Gasteiger partial charge in [-0.1, -0.05) is 29.7 Å². The Morgan fingerprint density at radius 2 is 1.75 bits per heavy atom. The molecule has 0 saturated carbocycles. The van der Waals surface area contributed by atoms with Crippen LogP contribution in [0.15, 0.2) is 53.5 Å². The third-order valence-corrected chi connectivity index (χ3v) is 2.76. The second kappa shape index (κ2) is 5.86. The average molecular weight is 282 g/mol. The fourth-order valence-electron chi connectivity index (χ4n) is 1.78. The second-order valence-corrected chi connectivity index (χ2v) is 4.19. The van der Waals surface area contributed by atoms with Crippen molar-refractivity contribution in [3.63, 3.8) is 0 Å². The van der Waals surface area contributed by atoms with Crippen molar-refractivity contribution in [3.05, 3.63) is 59.0 Å². The molecule has 0 aliphatic rings. The molecule has 0 radical (unpaired) electrons. The fourth-order valence-corrected chi connectivity index (χ4v) is 1.78. The van der Waals surface area contributed by atoms with E-state index in [0.29, 0.717) is 0 Å². The maximum Gasteiger partial charge on any atom is 0.513 e. The lowest BCUT2D eigenvalue weighted by molar-refractivity contribution is 0.297. The molecule has 0 atom stereocenters. The molecule has 0 fully saturated rings. The molecule has 0 spiro atoms. The third-order valence-electron chi connectivity index (χ3n) is 2.76. The van der Waals surface area contributed by atoms with Crippen LogP contribution in [0.3, 0.4) is 0 Å². The van der Waals surface area contributed by atoms with Crippen LogP contribution in [-0.4, -0.2) is 18.2 Å². The van der Waals surface area contributed by atoms with Crippen LogP contribution in [0.2, 0.25) is 0 Å². The summed E-state index contributed by atoms with van der Waals surface area (Å²) in [6.45, 7) is -4.93. The van der Waals surface area contributed by atoms with Crippen LogP contribution >= 0.6 is 0 Å². The Hall–Kier alpha value is -2.18. The first-order valence-corrected chi connectivity index (χ1v) is 6.05. The summed E-state index contributed by atoms with van der Waals surface area (Å²) in [4.78, 5) is 11.4. The van der Waals surface area contributed by atoms with Crippen molar-refractivity contribution in [2.24, 2.45) is 0 Å². The first-order valence-electron chi connectivity index (χ1n) is 6.05. The number of ether oxygens (including phenoxy) is 1. The quantitative estimate of drug-likeness (QED) is 0.785. The molecule has 3 nitrogen and oxygen atoms in total. The van der Waals surface area contributed by atoms with Gasteiger partial charge in [0.25, 0.3) is 5.56 Å². The highest BCUT2D eigenvalue weighted by molar-refractivity contribution is 6.74. The van der Waals surface area contributed by atoms with E-state index < -0.39 is 12.4 Å². The third kappa shape index (κ3) is 3.43. The van der Waals surface area contributed by atoms with Gasteiger partial charge >= 0.3 is 6.98 Å². The number of pyridine rings is 1. The van der Waals surface area contributed by atoms with Crippen LogP contribution in [0.5, 0.6) is 5.75 Å². The minimum atomic E-state index is -5.11. The molecule has 106 valence electrons. The number of para-hydroxylation sites is 1. The summed E-state index contributed by atoms with van der Waals surface area (Å²) in [5, 5.41) is 0. The van der Waals surface area contributed by atoms with E-state index in [1.54, 1.807) is 18.3 Å². The highest BCUT2D eigenvalue weighted by Gasteiger charge is 2.28. The highest BCUT2D eigenvalue weighted by Crippen LogP contribution is 2.17. The number of hydrogen-bond acceptors (Lipinski definition) is 2. The van der Waals surface area contributed by atoms with E-state index in [-0.39, 0.29) is 24.5 Å². The van der Waals surface area contributed by atoms with E-state index in [4.69, 9.17) is 4.74 Å². The zero-order valence-corrected chi connectivity index (χ0v) is 10.5. The molecule has 0 aliphatic heterocycles. The standard InChI is InChI=1S/C13H12BF3NO2/c15-14(16,17)11-5-1-2-6-12(11)20-10-9-18-8-4-3-7-13(18)19/h1-8H,9-10H2/q-1. The molecule has 1 aromatic heterocycles. The zero-order valence-electron chi connectivity index (χ0n) is 10.5. The molecule has 0 saturated heterocycles. The number of hydrogen-bond donors (Lipinski definition) is 0. The van der Waals surface area contributed by atoms with Gasteiger partial charge in [0.2, 0.25) is 0 Å². The Kier molecular flexibility index (Phi) is 4.17. The molecule has 0 N–H and O–H groups in total. The first kappa shape index (κ1) is 14.2. The summed E-state index contributed by atoms with van der Waals surface area (Å²) in [7, 11) is 0. The van der Waals surface area contributed by atoms with Gasteiger partial charge < -0.3 is 22.3 Å². The van der Waals surface area contributed by atoms with Gasteiger partial charge in [0, 0.05) is 12.3 Å². The predicted octanol–water partition coefficient (Wildman–Crippen LogP) is 1.98. The fraction of sp³-hybridized carbons (Fsp3) is 0.154. The van der Waals surface area contributed by atoms with E-state index in [9.17, 15) is 17.7 Å². The molecule has 0 unspecified atom stereocenters. The van der Waals surface area contributed by atoms with E-state index in [1.807, 2.05) is 0 Å². The predicted molar refractivity (Wildman–Crippen MR) is 71.4 cm³/mol. The van der Waals surface area contributed by atoms with Crippen molar-refractivity contribution in [2.45, 2.75) is 6.54 Å². The minimum absolute atomic E-state index is 0.00685. The van der Waals surface area contributed by atoms with Gasteiger partial charge in [-0.2, -0.15) is 0 Å². The maximum absolute atomic E-state index is 12.8. The molecule has 7 heteroatoms. The molecular weight excluding hydrogens is 270 g/mol. The number of aromatic nitrogens is 1. The SMILES string of the molecule is O=c1ccccn1CCOc1ccccc1[B-](F)(F)F. The van der Waals surface area contributed by atoms with Gasteiger partial charge in [-0.15, -0.1) is 0 Å². The zero-order chi connectivity index (χ0) is 14.6. The largest absolute Gasteiger partial charge is 0.513 e. The number of halogens is 3. The molecule has 20 heavy (non-hydrogen) atoms. The normalized spacial score (nSPS) is 11.3. The Bertz CT molecular complexity index is 640. The monoisotopic (exact) mass is 282 g/mol. The summed E-state index contributed by atoms with van der Waals surface area (Å²) in [5.74, 6) is -0.205. The lowest BCUT2D eigenvalue weighted by Crippen LogP contribution is -2.35. The van der Waals surface area contributed by atoms with Crippen LogP contribution in [0.4, 0.5) is 12.9 Å². The van der Waals surface area contributed by atoms with Gasteiger partial charge in [-0.25, -0.2) is 0 Å². The molecule has 2 rings (SSSR count). The van der Waals surface area contributed by atoms with E-state index >= 15 is 0 Å². The van der Waals surface area contributed by atoms with Crippen LogP contribution in [0.1, 0.15) is 0 Å². The van der Waals surface area contributed by atoms with Gasteiger partial charge in [-0.3, -0.25) is 4.79 Å². The van der Waals surface area contributed by atoms with Crippen molar-refractivity contribution in [1.29, 1.82) is 0 Å². The van der Waals surface area contributed by atoms with Crippen molar-refractivity contribution in [1.82, 2.24) is 4.57 Å². The van der Waals surface area contributed by atoms with Crippen LogP contribution in [0, 0.1) is 0 Å². The van der Waals surface area contributed by atoms with Crippen molar-refractivity contribution in [2.75, 3.05) is 6.61 Å². The summed E-state index contributed by atoms with van der Waals surface area (Å²) < 4.78 is 44.9. The summed E-state index contributed by atoms with van der Waals surface area (Å²) in [6, 6.07) is 9.72. The minimum Gasteiger partial charge on any atom is -0.495 e. The smallest absolute Gasteiger partial charge is 0.495 e.